The molecule has 0 spiro atoms. The van der Waals surface area contributed by atoms with Gasteiger partial charge in [-0.2, -0.15) is 5.10 Å². The molecule has 7 nitrogen and oxygen atoms in total. The molecule has 4 rings (SSSR count). The van der Waals surface area contributed by atoms with Crippen molar-refractivity contribution in [3.63, 3.8) is 0 Å². The second-order valence-corrected chi connectivity index (χ2v) is 6.22. The number of pyridine rings is 1. The zero-order valence-electron chi connectivity index (χ0n) is 14.6. The summed E-state index contributed by atoms with van der Waals surface area (Å²) in [7, 11) is 1.60. The van der Waals surface area contributed by atoms with E-state index in [0.717, 1.165) is 11.6 Å². The van der Waals surface area contributed by atoms with Crippen LogP contribution in [-0.4, -0.2) is 31.0 Å². The van der Waals surface area contributed by atoms with E-state index < -0.39 is 17.2 Å². The van der Waals surface area contributed by atoms with E-state index in [4.69, 9.17) is 0 Å². The fraction of sp³-hybridized carbons (Fsp3) is 0.105. The summed E-state index contributed by atoms with van der Waals surface area (Å²) >= 11 is 0. The molecule has 0 saturated carbocycles. The lowest BCUT2D eigenvalue weighted by Crippen LogP contribution is -2.13. The summed E-state index contributed by atoms with van der Waals surface area (Å²) < 4.78 is 28.1. The molecule has 4 aromatic rings. The first-order chi connectivity index (χ1) is 13.4. The highest BCUT2D eigenvalue weighted by molar-refractivity contribution is 5.92. The van der Waals surface area contributed by atoms with E-state index >= 15 is 0 Å². The minimum absolute atomic E-state index is 0.0335. The minimum Gasteiger partial charge on any atom is -0.310 e. The van der Waals surface area contributed by atoms with Crippen molar-refractivity contribution in [2.75, 3.05) is 0 Å². The Kier molecular flexibility index (Phi) is 4.26. The number of H-pyrrole nitrogens is 1. The van der Waals surface area contributed by atoms with Gasteiger partial charge in [-0.1, -0.05) is 6.07 Å². The minimum atomic E-state index is -0.679. The SMILES string of the molecule is Cn1nc(C=O)c2c(=O)[nH]c(Cc3ccc(-c4cc(F)cc(F)c4)nc3)nc21. The van der Waals surface area contributed by atoms with Gasteiger partial charge in [0.1, 0.15) is 28.5 Å². The fourth-order valence-corrected chi connectivity index (χ4v) is 2.99. The number of nitrogens with one attached hydrogen (secondary N) is 1. The molecular formula is C19H13F2N5O2. The molecule has 0 aliphatic heterocycles. The van der Waals surface area contributed by atoms with Crippen LogP contribution in [0.2, 0.25) is 0 Å². The molecule has 0 radical (unpaired) electrons. The molecule has 0 aliphatic rings. The Hall–Kier alpha value is -3.75. The van der Waals surface area contributed by atoms with E-state index in [2.05, 4.69) is 20.1 Å². The third-order valence-electron chi connectivity index (χ3n) is 4.24. The van der Waals surface area contributed by atoms with Crippen molar-refractivity contribution in [1.29, 1.82) is 0 Å². The largest absolute Gasteiger partial charge is 0.310 e. The van der Waals surface area contributed by atoms with Crippen LogP contribution in [0.3, 0.4) is 0 Å². The molecule has 28 heavy (non-hydrogen) atoms. The van der Waals surface area contributed by atoms with Crippen molar-refractivity contribution < 1.29 is 13.6 Å². The van der Waals surface area contributed by atoms with Gasteiger partial charge in [-0.3, -0.25) is 14.6 Å². The number of nitrogens with zero attached hydrogens (tertiary/aromatic N) is 4. The summed E-state index contributed by atoms with van der Waals surface area (Å²) in [6.07, 6.45) is 2.33. The van der Waals surface area contributed by atoms with Crippen molar-refractivity contribution in [3.05, 3.63) is 75.6 Å². The number of rotatable bonds is 4. The van der Waals surface area contributed by atoms with Gasteiger partial charge in [-0.15, -0.1) is 0 Å². The third-order valence-corrected chi connectivity index (χ3v) is 4.24. The van der Waals surface area contributed by atoms with E-state index in [1.807, 2.05) is 0 Å². The van der Waals surface area contributed by atoms with Crippen LogP contribution < -0.4 is 5.56 Å². The number of hydrogen-bond acceptors (Lipinski definition) is 5. The first kappa shape index (κ1) is 17.7. The number of carbonyl (C=O) groups is 1. The maximum absolute atomic E-state index is 13.4. The second kappa shape index (κ2) is 6.76. The molecule has 0 unspecified atom stereocenters. The Morgan fingerprint density at radius 2 is 1.93 bits per heavy atom. The van der Waals surface area contributed by atoms with Crippen molar-refractivity contribution >= 4 is 17.3 Å². The lowest BCUT2D eigenvalue weighted by molar-refractivity contribution is 0.111. The zero-order chi connectivity index (χ0) is 19.8. The summed E-state index contributed by atoms with van der Waals surface area (Å²) in [5, 5.41) is 4.11. The average molecular weight is 381 g/mol. The van der Waals surface area contributed by atoms with Crippen LogP contribution in [0.4, 0.5) is 8.78 Å². The van der Waals surface area contributed by atoms with Gasteiger partial charge in [-0.25, -0.2) is 18.4 Å². The lowest BCUT2D eigenvalue weighted by atomic mass is 10.1. The standard InChI is InChI=1S/C19H13F2N5O2/c1-26-18-17(15(9-27)25-26)19(28)24-16(23-18)4-10-2-3-14(22-8-10)11-5-12(20)7-13(21)6-11/h2-3,5-9H,4H2,1H3,(H,23,24,28). The summed E-state index contributed by atoms with van der Waals surface area (Å²) in [4.78, 5) is 34.6. The highest BCUT2D eigenvalue weighted by Crippen LogP contribution is 2.20. The van der Waals surface area contributed by atoms with Gasteiger partial charge >= 0.3 is 0 Å². The van der Waals surface area contributed by atoms with Gasteiger partial charge in [0.15, 0.2) is 11.9 Å². The summed E-state index contributed by atoms with van der Waals surface area (Å²) in [6, 6.07) is 6.56. The lowest BCUT2D eigenvalue weighted by Gasteiger charge is -2.05. The number of aromatic amines is 1. The molecule has 9 heteroatoms. The number of aromatic nitrogens is 5. The Bertz CT molecular complexity index is 1240. The third kappa shape index (κ3) is 3.18. The molecule has 1 aromatic carbocycles. The second-order valence-electron chi connectivity index (χ2n) is 6.22. The predicted octanol–water partition coefficient (Wildman–Crippen LogP) is 2.40. The van der Waals surface area contributed by atoms with Crippen LogP contribution >= 0.6 is 0 Å². The van der Waals surface area contributed by atoms with Gasteiger partial charge < -0.3 is 4.98 Å². The van der Waals surface area contributed by atoms with E-state index in [0.29, 0.717) is 29.0 Å². The molecule has 3 aromatic heterocycles. The van der Waals surface area contributed by atoms with Crippen LogP contribution in [0.25, 0.3) is 22.3 Å². The number of fused-ring (bicyclic) bond motifs is 1. The molecule has 0 bridgehead atoms. The van der Waals surface area contributed by atoms with E-state index in [-0.39, 0.29) is 17.5 Å². The molecule has 0 saturated heterocycles. The van der Waals surface area contributed by atoms with E-state index in [1.165, 1.54) is 16.8 Å². The Labute approximate surface area is 156 Å². The van der Waals surface area contributed by atoms with Crippen molar-refractivity contribution in [1.82, 2.24) is 24.7 Å². The highest BCUT2D eigenvalue weighted by atomic mass is 19.1. The molecule has 0 fully saturated rings. The van der Waals surface area contributed by atoms with Gasteiger partial charge in [-0.05, 0) is 23.8 Å². The topological polar surface area (TPSA) is 93.5 Å². The molecule has 0 amide bonds. The quantitative estimate of drug-likeness (QED) is 0.548. The molecule has 1 N–H and O–H groups in total. The smallest absolute Gasteiger partial charge is 0.262 e. The number of aryl methyl sites for hydroxylation is 1. The first-order valence-electron chi connectivity index (χ1n) is 8.27. The van der Waals surface area contributed by atoms with Gasteiger partial charge in [0, 0.05) is 31.3 Å². The van der Waals surface area contributed by atoms with Crippen LogP contribution in [0.5, 0.6) is 0 Å². The van der Waals surface area contributed by atoms with Crippen LogP contribution in [0, 0.1) is 11.6 Å². The Morgan fingerprint density at radius 3 is 2.57 bits per heavy atom. The van der Waals surface area contributed by atoms with E-state index in [9.17, 15) is 18.4 Å². The van der Waals surface area contributed by atoms with Crippen molar-refractivity contribution in [2.24, 2.45) is 7.05 Å². The van der Waals surface area contributed by atoms with E-state index in [1.54, 1.807) is 25.4 Å². The molecular weight excluding hydrogens is 368 g/mol. The number of halogens is 2. The maximum atomic E-state index is 13.4. The van der Waals surface area contributed by atoms with Gasteiger partial charge in [0.25, 0.3) is 5.56 Å². The molecule has 3 heterocycles. The molecule has 0 atom stereocenters. The van der Waals surface area contributed by atoms with Crippen molar-refractivity contribution in [3.8, 4) is 11.3 Å². The maximum Gasteiger partial charge on any atom is 0.262 e. The summed E-state index contributed by atoms with van der Waals surface area (Å²) in [6.45, 7) is 0. The number of carbonyl (C=O) groups excluding carboxylic acids is 1. The van der Waals surface area contributed by atoms with Crippen LogP contribution in [0.15, 0.2) is 41.3 Å². The Morgan fingerprint density at radius 1 is 1.18 bits per heavy atom. The van der Waals surface area contributed by atoms with Gasteiger partial charge in [0.05, 0.1) is 5.69 Å². The predicted molar refractivity (Wildman–Crippen MR) is 96.9 cm³/mol. The number of hydrogen-bond donors (Lipinski definition) is 1. The number of benzene rings is 1. The fourth-order valence-electron chi connectivity index (χ4n) is 2.99. The Balaban J connectivity index is 1.65. The highest BCUT2D eigenvalue weighted by Gasteiger charge is 2.15. The zero-order valence-corrected chi connectivity index (χ0v) is 14.6. The first-order valence-corrected chi connectivity index (χ1v) is 8.27. The van der Waals surface area contributed by atoms with Crippen molar-refractivity contribution in [2.45, 2.75) is 6.42 Å². The normalized spacial score (nSPS) is 11.1. The number of aldehydes is 1. The summed E-state index contributed by atoms with van der Waals surface area (Å²) in [5.41, 5.74) is 1.37. The average Bonchev–Trinajstić information content (AvgIpc) is 2.98. The van der Waals surface area contributed by atoms with Gasteiger partial charge in [0.2, 0.25) is 0 Å². The van der Waals surface area contributed by atoms with Crippen LogP contribution in [-0.2, 0) is 13.5 Å². The summed E-state index contributed by atoms with van der Waals surface area (Å²) in [5.74, 6) is -0.979. The molecule has 140 valence electrons. The molecule has 0 aliphatic carbocycles. The van der Waals surface area contributed by atoms with Crippen LogP contribution in [0.1, 0.15) is 21.9 Å². The monoisotopic (exact) mass is 381 g/mol.